The van der Waals surface area contributed by atoms with Crippen LogP contribution in [0.3, 0.4) is 0 Å². The lowest BCUT2D eigenvalue weighted by Crippen LogP contribution is -1.99. The van der Waals surface area contributed by atoms with E-state index in [2.05, 4.69) is 4.98 Å². The maximum atomic E-state index is 12.5. The zero-order valence-electron chi connectivity index (χ0n) is 14.0. The molecule has 5 nitrogen and oxygen atoms in total. The van der Waals surface area contributed by atoms with Crippen LogP contribution < -0.4 is 9.47 Å². The second kappa shape index (κ2) is 7.49. The van der Waals surface area contributed by atoms with Crippen LogP contribution >= 0.6 is 0 Å². The molecule has 0 aliphatic carbocycles. The SMILES string of the molecule is COc1ccc(OC)c(C(=O)/C=C/c2ccc(-n3ccnc3)cc2)c1. The van der Waals surface area contributed by atoms with Crippen LogP contribution in [0.5, 0.6) is 11.5 Å². The summed E-state index contributed by atoms with van der Waals surface area (Å²) in [4.78, 5) is 16.5. The minimum Gasteiger partial charge on any atom is -0.497 e. The molecule has 0 aliphatic heterocycles. The van der Waals surface area contributed by atoms with Gasteiger partial charge < -0.3 is 14.0 Å². The molecule has 1 aromatic heterocycles. The van der Waals surface area contributed by atoms with Crippen LogP contribution in [0.15, 0.2) is 67.3 Å². The number of allylic oxidation sites excluding steroid dienone is 1. The van der Waals surface area contributed by atoms with Crippen molar-refractivity contribution in [1.82, 2.24) is 9.55 Å². The van der Waals surface area contributed by atoms with Gasteiger partial charge >= 0.3 is 0 Å². The van der Waals surface area contributed by atoms with E-state index in [1.54, 1.807) is 43.9 Å². The van der Waals surface area contributed by atoms with Gasteiger partial charge in [-0.3, -0.25) is 4.79 Å². The molecule has 1 heterocycles. The number of aromatic nitrogens is 2. The lowest BCUT2D eigenvalue weighted by Gasteiger charge is -2.08. The number of benzene rings is 2. The Morgan fingerprint density at radius 3 is 2.52 bits per heavy atom. The van der Waals surface area contributed by atoms with Crippen molar-refractivity contribution in [2.24, 2.45) is 0 Å². The summed E-state index contributed by atoms with van der Waals surface area (Å²) in [5, 5.41) is 0. The predicted molar refractivity (Wildman–Crippen MR) is 96.5 cm³/mol. The first-order valence-corrected chi connectivity index (χ1v) is 7.74. The van der Waals surface area contributed by atoms with Gasteiger partial charge in [-0.2, -0.15) is 0 Å². The average molecular weight is 334 g/mol. The van der Waals surface area contributed by atoms with Crippen LogP contribution in [-0.4, -0.2) is 29.6 Å². The van der Waals surface area contributed by atoms with Crippen molar-refractivity contribution in [3.63, 3.8) is 0 Å². The Labute approximate surface area is 146 Å². The first-order valence-electron chi connectivity index (χ1n) is 7.74. The number of hydrogen-bond donors (Lipinski definition) is 0. The molecule has 0 radical (unpaired) electrons. The van der Waals surface area contributed by atoms with Gasteiger partial charge in [-0.1, -0.05) is 18.2 Å². The van der Waals surface area contributed by atoms with Gasteiger partial charge in [0.15, 0.2) is 5.78 Å². The molecule has 5 heteroatoms. The monoisotopic (exact) mass is 334 g/mol. The minimum atomic E-state index is -0.144. The molecule has 3 aromatic rings. The van der Waals surface area contributed by atoms with Gasteiger partial charge in [-0.25, -0.2) is 4.98 Å². The molecule has 3 rings (SSSR count). The molecule has 0 spiro atoms. The summed E-state index contributed by atoms with van der Waals surface area (Å²) in [5.74, 6) is 0.988. The second-order valence-electron chi connectivity index (χ2n) is 5.33. The fourth-order valence-electron chi connectivity index (χ4n) is 2.44. The molecule has 2 aromatic carbocycles. The summed E-state index contributed by atoms with van der Waals surface area (Å²) in [7, 11) is 3.10. The van der Waals surface area contributed by atoms with E-state index in [9.17, 15) is 4.79 Å². The normalized spacial score (nSPS) is 10.8. The summed E-state index contributed by atoms with van der Waals surface area (Å²) in [6.45, 7) is 0. The second-order valence-corrected chi connectivity index (χ2v) is 5.33. The molecule has 0 bridgehead atoms. The van der Waals surface area contributed by atoms with Crippen molar-refractivity contribution in [2.75, 3.05) is 14.2 Å². The van der Waals surface area contributed by atoms with E-state index in [0.29, 0.717) is 17.1 Å². The number of hydrogen-bond acceptors (Lipinski definition) is 4. The largest absolute Gasteiger partial charge is 0.497 e. The maximum absolute atomic E-state index is 12.5. The summed E-state index contributed by atoms with van der Waals surface area (Å²) in [5.41, 5.74) is 2.41. The van der Waals surface area contributed by atoms with Crippen molar-refractivity contribution < 1.29 is 14.3 Å². The topological polar surface area (TPSA) is 53.4 Å². The van der Waals surface area contributed by atoms with Gasteiger partial charge in [-0.15, -0.1) is 0 Å². The molecular formula is C20H18N2O3. The van der Waals surface area contributed by atoms with Crippen LogP contribution in [0.1, 0.15) is 15.9 Å². The van der Waals surface area contributed by atoms with Crippen LogP contribution in [0.4, 0.5) is 0 Å². The van der Waals surface area contributed by atoms with Gasteiger partial charge in [0.25, 0.3) is 0 Å². The van der Waals surface area contributed by atoms with Gasteiger partial charge in [0.2, 0.25) is 0 Å². The molecule has 25 heavy (non-hydrogen) atoms. The third-order valence-corrected chi connectivity index (χ3v) is 3.79. The lowest BCUT2D eigenvalue weighted by atomic mass is 10.1. The Balaban J connectivity index is 1.79. The van der Waals surface area contributed by atoms with E-state index < -0.39 is 0 Å². The Hall–Kier alpha value is -3.34. The van der Waals surface area contributed by atoms with E-state index in [-0.39, 0.29) is 5.78 Å². The fraction of sp³-hybridized carbons (Fsp3) is 0.100. The third-order valence-electron chi connectivity index (χ3n) is 3.79. The summed E-state index contributed by atoms with van der Waals surface area (Å²) in [6.07, 6.45) is 8.66. The summed E-state index contributed by atoms with van der Waals surface area (Å²) < 4.78 is 12.3. The van der Waals surface area contributed by atoms with Crippen LogP contribution in [0.25, 0.3) is 11.8 Å². The first kappa shape index (κ1) is 16.5. The van der Waals surface area contributed by atoms with Gasteiger partial charge in [0.05, 0.1) is 26.1 Å². The Bertz CT molecular complexity index is 882. The number of carbonyl (C=O) groups excluding carboxylic acids is 1. The van der Waals surface area contributed by atoms with Crippen molar-refractivity contribution in [3.05, 3.63) is 78.4 Å². The highest BCUT2D eigenvalue weighted by Crippen LogP contribution is 2.25. The Kier molecular flexibility index (Phi) is 4.95. The first-order chi connectivity index (χ1) is 12.2. The molecule has 126 valence electrons. The Morgan fingerprint density at radius 2 is 1.88 bits per heavy atom. The smallest absolute Gasteiger partial charge is 0.189 e. The minimum absolute atomic E-state index is 0.144. The number of imidazole rings is 1. The number of carbonyl (C=O) groups is 1. The quantitative estimate of drug-likeness (QED) is 0.508. The van der Waals surface area contributed by atoms with E-state index in [1.165, 1.54) is 13.2 Å². The van der Waals surface area contributed by atoms with Crippen LogP contribution in [0.2, 0.25) is 0 Å². The highest BCUT2D eigenvalue weighted by Gasteiger charge is 2.11. The number of methoxy groups -OCH3 is 2. The third kappa shape index (κ3) is 3.77. The summed E-state index contributed by atoms with van der Waals surface area (Å²) >= 11 is 0. The van der Waals surface area contributed by atoms with Gasteiger partial charge in [-0.05, 0) is 42.0 Å². The molecule has 0 fully saturated rings. The van der Waals surface area contributed by atoms with Gasteiger partial charge in [0.1, 0.15) is 11.5 Å². The van der Waals surface area contributed by atoms with Crippen molar-refractivity contribution in [2.45, 2.75) is 0 Å². The number of ketones is 1. The van der Waals surface area contributed by atoms with E-state index in [0.717, 1.165) is 11.3 Å². The molecular weight excluding hydrogens is 316 g/mol. The van der Waals surface area contributed by atoms with E-state index in [4.69, 9.17) is 9.47 Å². The number of ether oxygens (including phenoxy) is 2. The highest BCUT2D eigenvalue weighted by molar-refractivity contribution is 6.08. The standard InChI is InChI=1S/C20H18N2O3/c1-24-17-8-10-20(25-2)18(13-17)19(23)9-5-15-3-6-16(7-4-15)22-12-11-21-14-22/h3-14H,1-2H3/b9-5+. The fourth-order valence-corrected chi connectivity index (χ4v) is 2.44. The average Bonchev–Trinajstić information content (AvgIpc) is 3.20. The number of nitrogens with zero attached hydrogens (tertiary/aromatic N) is 2. The maximum Gasteiger partial charge on any atom is 0.189 e. The van der Waals surface area contributed by atoms with Crippen LogP contribution in [0, 0.1) is 0 Å². The predicted octanol–water partition coefficient (Wildman–Crippen LogP) is 3.79. The van der Waals surface area contributed by atoms with E-state index in [1.807, 2.05) is 35.0 Å². The molecule has 0 aliphatic rings. The van der Waals surface area contributed by atoms with Crippen LogP contribution in [-0.2, 0) is 0 Å². The number of rotatable bonds is 6. The zero-order valence-corrected chi connectivity index (χ0v) is 14.0. The van der Waals surface area contributed by atoms with Gasteiger partial charge in [0, 0.05) is 18.1 Å². The molecule has 0 N–H and O–H groups in total. The molecule has 0 atom stereocenters. The van der Waals surface area contributed by atoms with Crippen molar-refractivity contribution in [1.29, 1.82) is 0 Å². The lowest BCUT2D eigenvalue weighted by molar-refractivity contribution is 0.104. The van der Waals surface area contributed by atoms with Crippen molar-refractivity contribution >= 4 is 11.9 Å². The van der Waals surface area contributed by atoms with E-state index >= 15 is 0 Å². The molecule has 0 amide bonds. The summed E-state index contributed by atoms with van der Waals surface area (Å²) in [6, 6.07) is 13.0. The molecule has 0 unspecified atom stereocenters. The zero-order chi connectivity index (χ0) is 17.6. The molecule has 0 saturated heterocycles. The van der Waals surface area contributed by atoms with Crippen molar-refractivity contribution in [3.8, 4) is 17.2 Å². The molecule has 0 saturated carbocycles. The Morgan fingerprint density at radius 1 is 1.08 bits per heavy atom. The highest BCUT2D eigenvalue weighted by atomic mass is 16.5.